The van der Waals surface area contributed by atoms with Crippen LogP contribution in [-0.4, -0.2) is 37.9 Å². The van der Waals surface area contributed by atoms with Gasteiger partial charge in [-0.2, -0.15) is 0 Å². The molecule has 1 aliphatic heterocycles. The summed E-state index contributed by atoms with van der Waals surface area (Å²) in [5, 5.41) is 0. The van der Waals surface area contributed by atoms with Gasteiger partial charge >= 0.3 is 0 Å². The monoisotopic (exact) mass is 300 g/mol. The van der Waals surface area contributed by atoms with Gasteiger partial charge in [-0.1, -0.05) is 0 Å². The first kappa shape index (κ1) is 12.6. The van der Waals surface area contributed by atoms with Crippen molar-refractivity contribution in [3.05, 3.63) is 16.7 Å². The Balaban J connectivity index is 2.24. The normalized spacial score (nSPS) is 21.1. The molecule has 1 aromatic heterocycles. The Morgan fingerprint density at radius 1 is 1.59 bits per heavy atom. The van der Waals surface area contributed by atoms with Crippen LogP contribution in [0.3, 0.4) is 0 Å². The number of pyridine rings is 1. The number of aromatic nitrogens is 1. The van der Waals surface area contributed by atoms with E-state index in [4.69, 9.17) is 9.47 Å². The Kier molecular flexibility index (Phi) is 4.23. The molecule has 0 spiro atoms. The molecular weight excluding hydrogens is 284 g/mol. The van der Waals surface area contributed by atoms with Crippen molar-refractivity contribution < 1.29 is 9.47 Å². The third kappa shape index (κ3) is 3.10. The maximum absolute atomic E-state index is 5.65. The van der Waals surface area contributed by atoms with Gasteiger partial charge in [0.2, 0.25) is 5.88 Å². The van der Waals surface area contributed by atoms with Gasteiger partial charge in [-0.15, -0.1) is 0 Å². The highest BCUT2D eigenvalue weighted by Crippen LogP contribution is 2.29. The fraction of sp³-hybridized carbons (Fsp3) is 0.583. The molecule has 0 aliphatic carbocycles. The molecule has 0 unspecified atom stereocenters. The van der Waals surface area contributed by atoms with Gasteiger partial charge in [0.05, 0.1) is 23.4 Å². The summed E-state index contributed by atoms with van der Waals surface area (Å²) >= 11 is 3.54. The molecule has 5 heteroatoms. The van der Waals surface area contributed by atoms with Crippen molar-refractivity contribution in [2.75, 3.05) is 31.7 Å². The molecule has 94 valence electrons. The lowest BCUT2D eigenvalue weighted by Gasteiger charge is -2.25. The van der Waals surface area contributed by atoms with Gasteiger partial charge in [-0.3, -0.25) is 0 Å². The standard InChI is InChI=1S/C12H17BrN2O2/c1-9-8-15(4-3-5-17-9)11-6-12(16-2)14-7-10(11)13/h6-7,9H,3-5,8H2,1-2H3/t9-/m1/s1. The molecule has 2 heterocycles. The Morgan fingerprint density at radius 3 is 3.18 bits per heavy atom. The third-order valence-corrected chi connectivity index (χ3v) is 3.42. The predicted molar refractivity (Wildman–Crippen MR) is 70.7 cm³/mol. The summed E-state index contributed by atoms with van der Waals surface area (Å²) < 4.78 is 11.8. The quantitative estimate of drug-likeness (QED) is 0.840. The maximum atomic E-state index is 5.65. The summed E-state index contributed by atoms with van der Waals surface area (Å²) in [6.45, 7) is 4.82. The molecular formula is C12H17BrN2O2. The van der Waals surface area contributed by atoms with Gasteiger partial charge in [0.25, 0.3) is 0 Å². The number of anilines is 1. The number of nitrogens with zero attached hydrogens (tertiary/aromatic N) is 2. The summed E-state index contributed by atoms with van der Waals surface area (Å²) in [5.74, 6) is 0.640. The van der Waals surface area contributed by atoms with E-state index >= 15 is 0 Å². The molecule has 1 aliphatic rings. The summed E-state index contributed by atoms with van der Waals surface area (Å²) in [7, 11) is 1.63. The first-order chi connectivity index (χ1) is 8.20. The maximum Gasteiger partial charge on any atom is 0.215 e. The van der Waals surface area contributed by atoms with Gasteiger partial charge in [-0.25, -0.2) is 4.98 Å². The van der Waals surface area contributed by atoms with E-state index < -0.39 is 0 Å². The van der Waals surface area contributed by atoms with Crippen molar-refractivity contribution >= 4 is 21.6 Å². The fourth-order valence-electron chi connectivity index (χ4n) is 1.98. The van der Waals surface area contributed by atoms with E-state index in [-0.39, 0.29) is 6.10 Å². The third-order valence-electron chi connectivity index (χ3n) is 2.81. The molecule has 17 heavy (non-hydrogen) atoms. The molecule has 0 aromatic carbocycles. The van der Waals surface area contributed by atoms with Gasteiger partial charge < -0.3 is 14.4 Å². The minimum atomic E-state index is 0.253. The van der Waals surface area contributed by atoms with E-state index in [0.29, 0.717) is 5.88 Å². The van der Waals surface area contributed by atoms with Crippen LogP contribution in [0.5, 0.6) is 5.88 Å². The molecule has 2 rings (SSSR count). The van der Waals surface area contributed by atoms with Crippen LogP contribution in [0.25, 0.3) is 0 Å². The van der Waals surface area contributed by atoms with Crippen molar-refractivity contribution in [1.82, 2.24) is 4.98 Å². The van der Waals surface area contributed by atoms with Crippen molar-refractivity contribution in [2.45, 2.75) is 19.4 Å². The number of methoxy groups -OCH3 is 1. The molecule has 0 N–H and O–H groups in total. The second-order valence-electron chi connectivity index (χ2n) is 4.16. The molecule has 1 aromatic rings. The highest BCUT2D eigenvalue weighted by molar-refractivity contribution is 9.10. The minimum absolute atomic E-state index is 0.253. The van der Waals surface area contributed by atoms with E-state index in [1.807, 2.05) is 6.07 Å². The van der Waals surface area contributed by atoms with Crippen LogP contribution in [0.4, 0.5) is 5.69 Å². The molecule has 1 fully saturated rings. The van der Waals surface area contributed by atoms with Crippen LogP contribution in [0.1, 0.15) is 13.3 Å². The van der Waals surface area contributed by atoms with Gasteiger partial charge in [0, 0.05) is 32.0 Å². The number of halogens is 1. The fourth-order valence-corrected chi connectivity index (χ4v) is 2.44. The lowest BCUT2D eigenvalue weighted by molar-refractivity contribution is 0.0821. The smallest absolute Gasteiger partial charge is 0.215 e. The Bertz CT molecular complexity index is 387. The Hall–Kier alpha value is -0.810. The minimum Gasteiger partial charge on any atom is -0.481 e. The Morgan fingerprint density at radius 2 is 2.41 bits per heavy atom. The molecule has 0 bridgehead atoms. The second-order valence-corrected chi connectivity index (χ2v) is 5.01. The molecule has 4 nitrogen and oxygen atoms in total. The lowest BCUT2D eigenvalue weighted by Crippen LogP contribution is -2.30. The predicted octanol–water partition coefficient (Wildman–Crippen LogP) is 2.47. The average molecular weight is 301 g/mol. The first-order valence-corrected chi connectivity index (χ1v) is 6.56. The van der Waals surface area contributed by atoms with Crippen molar-refractivity contribution in [3.63, 3.8) is 0 Å². The largest absolute Gasteiger partial charge is 0.481 e. The van der Waals surface area contributed by atoms with Crippen LogP contribution < -0.4 is 9.64 Å². The van der Waals surface area contributed by atoms with Gasteiger partial charge in [0.15, 0.2) is 0 Å². The summed E-state index contributed by atoms with van der Waals surface area (Å²) in [4.78, 5) is 6.48. The molecule has 0 amide bonds. The van der Waals surface area contributed by atoms with E-state index in [2.05, 4.69) is 32.7 Å². The van der Waals surface area contributed by atoms with Crippen LogP contribution in [0.15, 0.2) is 16.7 Å². The van der Waals surface area contributed by atoms with E-state index in [1.54, 1.807) is 13.3 Å². The zero-order chi connectivity index (χ0) is 12.3. The van der Waals surface area contributed by atoms with Gasteiger partial charge in [-0.05, 0) is 29.3 Å². The summed E-state index contributed by atoms with van der Waals surface area (Å²) in [6.07, 6.45) is 3.08. The lowest BCUT2D eigenvalue weighted by atomic mass is 10.3. The SMILES string of the molecule is COc1cc(N2CCCO[C@H](C)C2)c(Br)cn1. The second kappa shape index (κ2) is 5.69. The Labute approximate surface area is 110 Å². The van der Waals surface area contributed by atoms with E-state index in [0.717, 1.165) is 36.3 Å². The number of hydrogen-bond acceptors (Lipinski definition) is 4. The summed E-state index contributed by atoms with van der Waals surface area (Å²) in [5.41, 5.74) is 1.12. The molecule has 1 atom stereocenters. The highest BCUT2D eigenvalue weighted by atomic mass is 79.9. The van der Waals surface area contributed by atoms with E-state index in [9.17, 15) is 0 Å². The summed E-state index contributed by atoms with van der Waals surface area (Å²) in [6, 6.07) is 1.96. The number of hydrogen-bond donors (Lipinski definition) is 0. The van der Waals surface area contributed by atoms with Crippen molar-refractivity contribution in [1.29, 1.82) is 0 Å². The zero-order valence-electron chi connectivity index (χ0n) is 10.1. The first-order valence-electron chi connectivity index (χ1n) is 5.77. The number of rotatable bonds is 2. The van der Waals surface area contributed by atoms with Crippen LogP contribution in [0.2, 0.25) is 0 Å². The highest BCUT2D eigenvalue weighted by Gasteiger charge is 2.18. The number of ether oxygens (including phenoxy) is 2. The van der Waals surface area contributed by atoms with Crippen molar-refractivity contribution in [2.24, 2.45) is 0 Å². The van der Waals surface area contributed by atoms with Crippen LogP contribution in [0, 0.1) is 0 Å². The molecule has 0 saturated carbocycles. The van der Waals surface area contributed by atoms with Crippen LogP contribution >= 0.6 is 15.9 Å². The zero-order valence-corrected chi connectivity index (χ0v) is 11.7. The van der Waals surface area contributed by atoms with E-state index in [1.165, 1.54) is 0 Å². The molecule has 1 saturated heterocycles. The van der Waals surface area contributed by atoms with Crippen LogP contribution in [-0.2, 0) is 4.74 Å². The molecule has 0 radical (unpaired) electrons. The topological polar surface area (TPSA) is 34.6 Å². The van der Waals surface area contributed by atoms with Gasteiger partial charge in [0.1, 0.15) is 0 Å². The average Bonchev–Trinajstić information content (AvgIpc) is 2.54. The van der Waals surface area contributed by atoms with Crippen molar-refractivity contribution in [3.8, 4) is 5.88 Å².